The zero-order chi connectivity index (χ0) is 17.3. The van der Waals surface area contributed by atoms with Crippen molar-refractivity contribution in [1.29, 1.82) is 0 Å². The topological polar surface area (TPSA) is 78.0 Å². The van der Waals surface area contributed by atoms with E-state index in [0.29, 0.717) is 26.2 Å². The summed E-state index contributed by atoms with van der Waals surface area (Å²) >= 11 is 0. The molecule has 3 rings (SSSR count). The SMILES string of the molecule is CN1C(=O)C[C@H](N2CCN(S(=O)(=O)Cc3ccccc3)CC2)C1=O. The van der Waals surface area contributed by atoms with Gasteiger partial charge in [-0.25, -0.2) is 8.42 Å². The quantitative estimate of drug-likeness (QED) is 0.708. The predicted molar refractivity (Wildman–Crippen MR) is 88.4 cm³/mol. The summed E-state index contributed by atoms with van der Waals surface area (Å²) in [6.45, 7) is 1.62. The minimum absolute atomic E-state index is 0.0164. The van der Waals surface area contributed by atoms with Crippen LogP contribution in [0, 0.1) is 0 Å². The third kappa shape index (κ3) is 3.35. The van der Waals surface area contributed by atoms with Crippen molar-refractivity contribution in [3.8, 4) is 0 Å². The molecule has 24 heavy (non-hydrogen) atoms. The number of carbonyl (C=O) groups excluding carboxylic acids is 2. The molecule has 8 heteroatoms. The van der Waals surface area contributed by atoms with Gasteiger partial charge in [-0.05, 0) is 5.56 Å². The minimum atomic E-state index is -3.37. The standard InChI is InChI=1S/C16H21N3O4S/c1-17-15(20)11-14(16(17)21)18-7-9-19(10-8-18)24(22,23)12-13-5-3-2-4-6-13/h2-6,14H,7-12H2,1H3/t14-/m0/s1. The maximum Gasteiger partial charge on any atom is 0.246 e. The van der Waals surface area contributed by atoms with Gasteiger partial charge in [0.05, 0.1) is 18.2 Å². The molecule has 2 fully saturated rings. The van der Waals surface area contributed by atoms with Gasteiger partial charge in [0, 0.05) is 33.2 Å². The molecule has 0 unspecified atom stereocenters. The average molecular weight is 351 g/mol. The first-order valence-corrected chi connectivity index (χ1v) is 9.55. The van der Waals surface area contributed by atoms with Gasteiger partial charge in [-0.1, -0.05) is 30.3 Å². The Morgan fingerprint density at radius 3 is 2.21 bits per heavy atom. The Morgan fingerprint density at radius 2 is 1.67 bits per heavy atom. The van der Waals surface area contributed by atoms with Crippen LogP contribution in [0.1, 0.15) is 12.0 Å². The first kappa shape index (κ1) is 17.1. The number of rotatable bonds is 4. The van der Waals surface area contributed by atoms with E-state index in [9.17, 15) is 18.0 Å². The first-order valence-electron chi connectivity index (χ1n) is 7.95. The molecular weight excluding hydrogens is 330 g/mol. The van der Waals surface area contributed by atoms with Gasteiger partial charge in [0.25, 0.3) is 0 Å². The Hall–Kier alpha value is -1.77. The van der Waals surface area contributed by atoms with Crippen molar-refractivity contribution in [1.82, 2.24) is 14.1 Å². The highest BCUT2D eigenvalue weighted by molar-refractivity contribution is 7.88. The molecule has 2 aliphatic rings. The number of amides is 2. The molecule has 0 bridgehead atoms. The second kappa shape index (κ2) is 6.62. The highest BCUT2D eigenvalue weighted by atomic mass is 32.2. The van der Waals surface area contributed by atoms with Crippen molar-refractivity contribution in [3.63, 3.8) is 0 Å². The van der Waals surface area contributed by atoms with Gasteiger partial charge in [-0.15, -0.1) is 0 Å². The maximum atomic E-state index is 12.5. The second-order valence-electron chi connectivity index (χ2n) is 6.19. The molecule has 0 aliphatic carbocycles. The molecule has 2 aliphatic heterocycles. The molecule has 0 radical (unpaired) electrons. The zero-order valence-corrected chi connectivity index (χ0v) is 14.4. The molecule has 0 saturated carbocycles. The smallest absolute Gasteiger partial charge is 0.246 e. The molecule has 2 amide bonds. The Bertz CT molecular complexity index is 727. The Kier molecular flexibility index (Phi) is 4.71. The summed E-state index contributed by atoms with van der Waals surface area (Å²) in [5, 5.41) is 0. The molecule has 1 aromatic carbocycles. The summed E-state index contributed by atoms with van der Waals surface area (Å²) in [6.07, 6.45) is 0.187. The van der Waals surface area contributed by atoms with Crippen molar-refractivity contribution in [2.75, 3.05) is 33.2 Å². The van der Waals surface area contributed by atoms with E-state index in [1.807, 2.05) is 23.1 Å². The van der Waals surface area contributed by atoms with Crippen molar-refractivity contribution in [2.45, 2.75) is 18.2 Å². The number of likely N-dealkylation sites (N-methyl/N-ethyl adjacent to an activating group) is 1. The summed E-state index contributed by atoms with van der Waals surface area (Å²) in [4.78, 5) is 26.8. The fourth-order valence-corrected chi connectivity index (χ4v) is 4.71. The molecule has 1 atom stereocenters. The third-order valence-electron chi connectivity index (χ3n) is 4.66. The summed E-state index contributed by atoms with van der Waals surface area (Å²) in [5.74, 6) is -0.387. The maximum absolute atomic E-state index is 12.5. The van der Waals surface area contributed by atoms with Crippen LogP contribution in [-0.4, -0.2) is 73.6 Å². The van der Waals surface area contributed by atoms with Crippen LogP contribution in [0.15, 0.2) is 30.3 Å². The minimum Gasteiger partial charge on any atom is -0.289 e. The lowest BCUT2D eigenvalue weighted by atomic mass is 10.2. The van der Waals surface area contributed by atoms with Gasteiger partial charge >= 0.3 is 0 Å². The molecule has 130 valence electrons. The molecule has 0 spiro atoms. The van der Waals surface area contributed by atoms with E-state index >= 15 is 0 Å². The van der Waals surface area contributed by atoms with E-state index in [-0.39, 0.29) is 24.0 Å². The summed E-state index contributed by atoms with van der Waals surface area (Å²) < 4.78 is 26.5. The van der Waals surface area contributed by atoms with E-state index in [0.717, 1.165) is 10.5 Å². The Labute approximate surface area is 141 Å². The van der Waals surface area contributed by atoms with Gasteiger partial charge in [-0.2, -0.15) is 4.31 Å². The number of likely N-dealkylation sites (tertiary alicyclic amines) is 1. The molecule has 2 saturated heterocycles. The van der Waals surface area contributed by atoms with Gasteiger partial charge in [-0.3, -0.25) is 19.4 Å². The number of benzene rings is 1. The number of imide groups is 1. The van der Waals surface area contributed by atoms with Crippen LogP contribution in [0.25, 0.3) is 0 Å². The molecule has 0 aromatic heterocycles. The van der Waals surface area contributed by atoms with Gasteiger partial charge < -0.3 is 0 Å². The fraction of sp³-hybridized carbons (Fsp3) is 0.500. The highest BCUT2D eigenvalue weighted by Crippen LogP contribution is 2.20. The number of hydrogen-bond donors (Lipinski definition) is 0. The predicted octanol–water partition coefficient (Wildman–Crippen LogP) is -0.109. The summed E-state index contributed by atoms with van der Waals surface area (Å²) in [6, 6.07) is 8.65. The van der Waals surface area contributed by atoms with Gasteiger partial charge in [0.1, 0.15) is 0 Å². The van der Waals surface area contributed by atoms with E-state index in [1.165, 1.54) is 11.4 Å². The fourth-order valence-electron chi connectivity index (χ4n) is 3.19. The van der Waals surface area contributed by atoms with Crippen molar-refractivity contribution < 1.29 is 18.0 Å². The monoisotopic (exact) mass is 351 g/mol. The molecule has 0 N–H and O–H groups in total. The van der Waals surface area contributed by atoms with Gasteiger partial charge in [0.15, 0.2) is 0 Å². The first-order chi connectivity index (χ1) is 11.4. The van der Waals surface area contributed by atoms with Crippen LogP contribution < -0.4 is 0 Å². The number of piperazine rings is 1. The van der Waals surface area contributed by atoms with Crippen LogP contribution in [0.5, 0.6) is 0 Å². The van der Waals surface area contributed by atoms with E-state index in [1.54, 1.807) is 12.1 Å². The Balaban J connectivity index is 1.61. The van der Waals surface area contributed by atoms with Crippen LogP contribution in [0.2, 0.25) is 0 Å². The second-order valence-corrected chi connectivity index (χ2v) is 8.16. The third-order valence-corrected chi connectivity index (χ3v) is 6.51. The van der Waals surface area contributed by atoms with Crippen LogP contribution >= 0.6 is 0 Å². The summed E-state index contributed by atoms with van der Waals surface area (Å²) in [5.41, 5.74) is 0.762. The molecule has 7 nitrogen and oxygen atoms in total. The normalized spacial score (nSPS) is 23.9. The lowest BCUT2D eigenvalue weighted by Crippen LogP contribution is -2.53. The Morgan fingerprint density at radius 1 is 1.04 bits per heavy atom. The largest absolute Gasteiger partial charge is 0.289 e. The van der Waals surface area contributed by atoms with E-state index in [4.69, 9.17) is 0 Å². The van der Waals surface area contributed by atoms with Crippen molar-refractivity contribution in [3.05, 3.63) is 35.9 Å². The molecule has 1 aromatic rings. The van der Waals surface area contributed by atoms with E-state index < -0.39 is 16.1 Å². The lowest BCUT2D eigenvalue weighted by molar-refractivity contribution is -0.138. The van der Waals surface area contributed by atoms with Gasteiger partial charge in [0.2, 0.25) is 21.8 Å². The van der Waals surface area contributed by atoms with Crippen LogP contribution in [0.4, 0.5) is 0 Å². The molecular formula is C16H21N3O4S. The van der Waals surface area contributed by atoms with Crippen molar-refractivity contribution >= 4 is 21.8 Å². The number of carbonyl (C=O) groups is 2. The van der Waals surface area contributed by atoms with Crippen LogP contribution in [-0.2, 0) is 25.4 Å². The zero-order valence-electron chi connectivity index (χ0n) is 13.6. The highest BCUT2D eigenvalue weighted by Gasteiger charge is 2.41. The summed E-state index contributed by atoms with van der Waals surface area (Å²) in [7, 11) is -1.88. The molecule has 2 heterocycles. The lowest BCUT2D eigenvalue weighted by Gasteiger charge is -2.36. The van der Waals surface area contributed by atoms with Crippen LogP contribution in [0.3, 0.4) is 0 Å². The van der Waals surface area contributed by atoms with E-state index in [2.05, 4.69) is 0 Å². The average Bonchev–Trinajstić information content (AvgIpc) is 2.83. The number of nitrogens with zero attached hydrogens (tertiary/aromatic N) is 3. The van der Waals surface area contributed by atoms with Crippen molar-refractivity contribution in [2.24, 2.45) is 0 Å². The number of sulfonamides is 1. The number of hydrogen-bond acceptors (Lipinski definition) is 5.